The zero-order valence-electron chi connectivity index (χ0n) is 19.8. The number of hydrogen-bond acceptors (Lipinski definition) is 3. The Kier molecular flexibility index (Phi) is 6.24. The second-order valence-electron chi connectivity index (χ2n) is 11.7. The molecular weight excluding hydrogens is 386 g/mol. The lowest BCUT2D eigenvalue weighted by atomic mass is 9.55. The van der Waals surface area contributed by atoms with Crippen LogP contribution in [0.15, 0.2) is 11.6 Å². The van der Waals surface area contributed by atoms with Crippen molar-refractivity contribution in [1.82, 2.24) is 0 Å². The predicted octanol–water partition coefficient (Wildman–Crippen LogP) is 3.82. The van der Waals surface area contributed by atoms with E-state index in [1.54, 1.807) is 4.90 Å². The molecule has 0 spiro atoms. The van der Waals surface area contributed by atoms with Crippen LogP contribution in [0.1, 0.15) is 97.3 Å². The summed E-state index contributed by atoms with van der Waals surface area (Å²) >= 11 is 0. The van der Waals surface area contributed by atoms with E-state index < -0.39 is 6.10 Å². The van der Waals surface area contributed by atoms with E-state index in [0.29, 0.717) is 18.0 Å². The zero-order chi connectivity index (χ0) is 21.6. The smallest absolute Gasteiger partial charge is 0.315 e. The van der Waals surface area contributed by atoms with Crippen LogP contribution >= 0.6 is 0 Å². The first kappa shape index (κ1) is 21.9. The van der Waals surface area contributed by atoms with E-state index in [4.69, 9.17) is 4.74 Å². The Morgan fingerprint density at radius 1 is 1.03 bits per heavy atom. The van der Waals surface area contributed by atoms with Gasteiger partial charge in [0.1, 0.15) is 12.0 Å². The molecule has 0 bridgehead atoms. The molecule has 0 aromatic carbocycles. The molecule has 0 aromatic rings. The molecule has 174 valence electrons. The van der Waals surface area contributed by atoms with Crippen molar-refractivity contribution < 1.29 is 19.5 Å². The van der Waals surface area contributed by atoms with Gasteiger partial charge in [0.15, 0.2) is 0 Å². The fourth-order valence-electron chi connectivity index (χ4n) is 8.16. The van der Waals surface area contributed by atoms with Gasteiger partial charge in [0.25, 0.3) is 0 Å². The minimum Gasteiger partial charge on any atom is -0.461 e. The van der Waals surface area contributed by atoms with Crippen molar-refractivity contribution in [2.75, 3.05) is 6.54 Å². The molecule has 2 N–H and O–H groups in total. The number of ether oxygens (including phenoxy) is 1. The maximum atomic E-state index is 13.2. The van der Waals surface area contributed by atoms with Crippen molar-refractivity contribution in [1.29, 1.82) is 0 Å². The Labute approximate surface area is 188 Å². The topological polar surface area (TPSA) is 51.0 Å². The number of rotatable bonds is 4. The molecule has 5 aliphatic rings. The van der Waals surface area contributed by atoms with E-state index >= 15 is 0 Å². The second kappa shape index (κ2) is 8.82. The summed E-state index contributed by atoms with van der Waals surface area (Å²) < 4.78 is 6.00. The summed E-state index contributed by atoms with van der Waals surface area (Å²) in [6.07, 6.45) is 18.2. The molecule has 4 fully saturated rings. The molecular formula is C27H44NO3+. The maximum absolute atomic E-state index is 13.2. The van der Waals surface area contributed by atoms with Gasteiger partial charge in [-0.15, -0.1) is 0 Å². The third kappa shape index (κ3) is 3.80. The highest BCUT2D eigenvalue weighted by atomic mass is 16.6. The molecule has 4 aliphatic carbocycles. The quantitative estimate of drug-likeness (QED) is 0.527. The van der Waals surface area contributed by atoms with Gasteiger partial charge in [-0.1, -0.05) is 38.3 Å². The fourth-order valence-corrected chi connectivity index (χ4v) is 8.16. The monoisotopic (exact) mass is 430 g/mol. The van der Waals surface area contributed by atoms with Gasteiger partial charge in [-0.25, -0.2) is 0 Å². The standard InChI is InChI=1S/C27H43NO3/c1-18-10-9-11-19-16-23-24(25(29)27(18,19)2)22(26(30)31-23)17-28(20-12-5-3-6-13-20)21-14-7-4-8-15-21/h11,18,20-25,29H,3-10,12-17H2,1-2H3/p+1/t18-,22-,23+,24+,25+,27+/m0/s1. The fraction of sp³-hybridized carbons (Fsp3) is 0.889. The second-order valence-corrected chi connectivity index (χ2v) is 11.7. The van der Waals surface area contributed by atoms with Crippen LogP contribution in [0.25, 0.3) is 0 Å². The van der Waals surface area contributed by atoms with E-state index in [1.165, 1.54) is 69.8 Å². The summed E-state index contributed by atoms with van der Waals surface area (Å²) in [5, 5.41) is 11.7. The maximum Gasteiger partial charge on any atom is 0.315 e. The van der Waals surface area contributed by atoms with Crippen molar-refractivity contribution >= 4 is 5.97 Å². The number of carbonyl (C=O) groups excluding carboxylic acids is 1. The molecule has 6 atom stereocenters. The van der Waals surface area contributed by atoms with Crippen LogP contribution in [0.4, 0.5) is 0 Å². The molecule has 4 heteroatoms. The van der Waals surface area contributed by atoms with Gasteiger partial charge in [0.2, 0.25) is 0 Å². The zero-order valence-corrected chi connectivity index (χ0v) is 19.8. The van der Waals surface area contributed by atoms with Crippen LogP contribution < -0.4 is 4.90 Å². The first-order valence-corrected chi connectivity index (χ1v) is 13.4. The minimum atomic E-state index is -0.469. The number of esters is 1. The molecule has 5 rings (SSSR count). The van der Waals surface area contributed by atoms with E-state index in [1.807, 2.05) is 0 Å². The molecule has 0 amide bonds. The van der Waals surface area contributed by atoms with Crippen LogP contribution in [0.2, 0.25) is 0 Å². The third-order valence-electron chi connectivity index (χ3n) is 10.3. The van der Waals surface area contributed by atoms with Crippen molar-refractivity contribution in [2.24, 2.45) is 23.2 Å². The minimum absolute atomic E-state index is 0.0198. The summed E-state index contributed by atoms with van der Waals surface area (Å²) in [7, 11) is 0. The van der Waals surface area contributed by atoms with Gasteiger partial charge < -0.3 is 14.7 Å². The van der Waals surface area contributed by atoms with E-state index in [2.05, 4.69) is 19.9 Å². The van der Waals surface area contributed by atoms with Crippen LogP contribution in [0, 0.1) is 23.2 Å². The number of fused-ring (bicyclic) bond motifs is 2. The highest BCUT2D eigenvalue weighted by molar-refractivity contribution is 5.76. The Bertz CT molecular complexity index is 675. The average Bonchev–Trinajstić information content (AvgIpc) is 3.10. The predicted molar refractivity (Wildman–Crippen MR) is 122 cm³/mol. The van der Waals surface area contributed by atoms with Crippen LogP contribution in [0.3, 0.4) is 0 Å². The highest BCUT2D eigenvalue weighted by Gasteiger charge is 2.60. The summed E-state index contributed by atoms with van der Waals surface area (Å²) in [4.78, 5) is 14.9. The first-order chi connectivity index (χ1) is 15.0. The molecule has 1 heterocycles. The Morgan fingerprint density at radius 3 is 2.26 bits per heavy atom. The largest absolute Gasteiger partial charge is 0.461 e. The van der Waals surface area contributed by atoms with Crippen molar-refractivity contribution in [3.8, 4) is 0 Å². The van der Waals surface area contributed by atoms with E-state index in [9.17, 15) is 9.90 Å². The van der Waals surface area contributed by atoms with Gasteiger partial charge in [-0.05, 0) is 70.1 Å². The van der Waals surface area contributed by atoms with Crippen LogP contribution in [-0.2, 0) is 9.53 Å². The number of nitrogens with one attached hydrogen (secondary N) is 1. The van der Waals surface area contributed by atoms with Crippen molar-refractivity contribution in [3.63, 3.8) is 0 Å². The summed E-state index contributed by atoms with van der Waals surface area (Å²) in [6.45, 7) is 5.44. The molecule has 3 saturated carbocycles. The SMILES string of the molecule is C[C@H]1CCC=C2C[C@H]3OC(=O)[C@@H](C[NH+](C4CCCCC4)C4CCCCC4)[C@H]3[C@@H](O)[C@@]21C. The first-order valence-electron chi connectivity index (χ1n) is 13.4. The lowest BCUT2D eigenvalue weighted by Crippen LogP contribution is -3.20. The number of quaternary nitrogens is 1. The lowest BCUT2D eigenvalue weighted by Gasteiger charge is -2.52. The Morgan fingerprint density at radius 2 is 1.65 bits per heavy atom. The van der Waals surface area contributed by atoms with Gasteiger partial charge >= 0.3 is 5.97 Å². The van der Waals surface area contributed by atoms with E-state index in [-0.39, 0.29) is 29.3 Å². The summed E-state index contributed by atoms with van der Waals surface area (Å²) in [5.74, 6) is 0.275. The van der Waals surface area contributed by atoms with Gasteiger partial charge in [-0.3, -0.25) is 4.79 Å². The Hall–Kier alpha value is -0.870. The molecule has 0 radical (unpaired) electrons. The number of aliphatic hydroxyl groups is 1. The normalized spacial score (nSPS) is 42.1. The molecule has 4 nitrogen and oxygen atoms in total. The number of hydrogen-bond donors (Lipinski definition) is 2. The van der Waals surface area contributed by atoms with E-state index in [0.717, 1.165) is 25.8 Å². The summed E-state index contributed by atoms with van der Waals surface area (Å²) in [6, 6.07) is 1.40. The Balaban J connectivity index is 1.41. The third-order valence-corrected chi connectivity index (χ3v) is 10.3. The van der Waals surface area contributed by atoms with Crippen LogP contribution in [0.5, 0.6) is 0 Å². The lowest BCUT2D eigenvalue weighted by molar-refractivity contribution is -0.954. The molecule has 0 aromatic heterocycles. The molecule has 0 unspecified atom stereocenters. The van der Waals surface area contributed by atoms with Gasteiger partial charge in [0, 0.05) is 17.8 Å². The average molecular weight is 431 g/mol. The molecule has 1 aliphatic heterocycles. The van der Waals surface area contributed by atoms with Crippen LogP contribution in [-0.4, -0.2) is 41.9 Å². The molecule has 1 saturated heterocycles. The number of carbonyl (C=O) groups is 1. The van der Waals surface area contributed by atoms with Crippen molar-refractivity contribution in [2.45, 2.75) is 122 Å². The van der Waals surface area contributed by atoms with Crippen molar-refractivity contribution in [3.05, 3.63) is 11.6 Å². The molecule has 31 heavy (non-hydrogen) atoms. The highest BCUT2D eigenvalue weighted by Crippen LogP contribution is 2.55. The van der Waals surface area contributed by atoms with Gasteiger partial charge in [-0.2, -0.15) is 0 Å². The number of allylic oxidation sites excluding steroid dienone is 1. The number of aliphatic hydroxyl groups excluding tert-OH is 1. The summed E-state index contributed by atoms with van der Waals surface area (Å²) in [5.41, 5.74) is 1.15. The van der Waals surface area contributed by atoms with Gasteiger partial charge in [0.05, 0.1) is 24.7 Å².